The number of hydrogen-bond acceptors (Lipinski definition) is 4. The van der Waals surface area contributed by atoms with Crippen LogP contribution < -0.4 is 15.4 Å². The standard InChI is InChI=1S/C21H20N4O2/c1-27-19-12-6-5-11-18(19)24-21(23-15-16-8-7-13-22-14-16)25-20(26)17-9-3-2-4-10-17/h2-14H,15H2,1H3,(H2,23,24,25,26). The topological polar surface area (TPSA) is 75.6 Å². The number of nitrogens with one attached hydrogen (secondary N) is 2. The number of anilines is 1. The molecule has 1 heterocycles. The fraction of sp³-hybridized carbons (Fsp3) is 0.0952. The van der Waals surface area contributed by atoms with E-state index in [1.165, 1.54) is 0 Å². The number of amides is 1. The molecule has 136 valence electrons. The first kappa shape index (κ1) is 18.1. The van der Waals surface area contributed by atoms with E-state index in [-0.39, 0.29) is 5.91 Å². The normalized spacial score (nSPS) is 10.9. The summed E-state index contributed by atoms with van der Waals surface area (Å²) in [6, 6.07) is 20.2. The lowest BCUT2D eigenvalue weighted by atomic mass is 10.2. The highest BCUT2D eigenvalue weighted by Gasteiger charge is 2.11. The van der Waals surface area contributed by atoms with Gasteiger partial charge >= 0.3 is 0 Å². The van der Waals surface area contributed by atoms with Gasteiger partial charge in [0.1, 0.15) is 5.75 Å². The average Bonchev–Trinajstić information content (AvgIpc) is 2.73. The molecular weight excluding hydrogens is 340 g/mol. The number of aliphatic imine (C=N–C) groups is 1. The van der Waals surface area contributed by atoms with Crippen molar-refractivity contribution in [1.82, 2.24) is 10.3 Å². The number of guanidine groups is 1. The maximum Gasteiger partial charge on any atom is 0.257 e. The van der Waals surface area contributed by atoms with E-state index in [4.69, 9.17) is 4.74 Å². The van der Waals surface area contributed by atoms with Gasteiger partial charge in [-0.05, 0) is 35.9 Å². The van der Waals surface area contributed by atoms with Gasteiger partial charge in [0.2, 0.25) is 5.96 Å². The van der Waals surface area contributed by atoms with Crippen LogP contribution in [0.4, 0.5) is 5.69 Å². The SMILES string of the molecule is COc1ccccc1NC(=NCc1cccnc1)NC(=O)c1ccccc1. The summed E-state index contributed by atoms with van der Waals surface area (Å²) in [6.07, 6.45) is 3.45. The van der Waals surface area contributed by atoms with Gasteiger partial charge in [-0.2, -0.15) is 0 Å². The molecule has 0 aliphatic carbocycles. The van der Waals surface area contributed by atoms with Crippen LogP contribution in [0.3, 0.4) is 0 Å². The van der Waals surface area contributed by atoms with Gasteiger partial charge in [0.05, 0.1) is 19.3 Å². The second-order valence-electron chi connectivity index (χ2n) is 5.67. The lowest BCUT2D eigenvalue weighted by Crippen LogP contribution is -2.36. The van der Waals surface area contributed by atoms with Crippen LogP contribution in [-0.4, -0.2) is 24.0 Å². The van der Waals surface area contributed by atoms with Crippen molar-refractivity contribution in [2.45, 2.75) is 6.54 Å². The van der Waals surface area contributed by atoms with E-state index in [2.05, 4.69) is 20.6 Å². The Hall–Kier alpha value is -3.67. The van der Waals surface area contributed by atoms with Crippen molar-refractivity contribution < 1.29 is 9.53 Å². The third-order valence-electron chi connectivity index (χ3n) is 3.77. The summed E-state index contributed by atoms with van der Waals surface area (Å²) in [6.45, 7) is 0.375. The highest BCUT2D eigenvalue weighted by atomic mass is 16.5. The van der Waals surface area contributed by atoms with Gasteiger partial charge in [-0.25, -0.2) is 4.99 Å². The number of rotatable bonds is 5. The molecule has 1 aromatic heterocycles. The van der Waals surface area contributed by atoms with E-state index in [1.807, 2.05) is 54.6 Å². The van der Waals surface area contributed by atoms with Gasteiger partial charge in [0.15, 0.2) is 0 Å². The molecule has 0 saturated carbocycles. The molecule has 0 aliphatic heterocycles. The Bertz CT molecular complexity index is 912. The van der Waals surface area contributed by atoms with Crippen LogP contribution in [0.1, 0.15) is 15.9 Å². The number of ether oxygens (including phenoxy) is 1. The number of hydrogen-bond donors (Lipinski definition) is 2. The van der Waals surface area contributed by atoms with Crippen LogP contribution >= 0.6 is 0 Å². The molecule has 2 N–H and O–H groups in total. The number of benzene rings is 2. The minimum atomic E-state index is -0.247. The van der Waals surface area contributed by atoms with Crippen LogP contribution in [0, 0.1) is 0 Å². The Kier molecular flexibility index (Phi) is 6.14. The van der Waals surface area contributed by atoms with Crippen LogP contribution in [-0.2, 0) is 6.54 Å². The molecule has 0 radical (unpaired) electrons. The van der Waals surface area contributed by atoms with Crippen molar-refractivity contribution >= 4 is 17.6 Å². The van der Waals surface area contributed by atoms with E-state index >= 15 is 0 Å². The Morgan fingerprint density at radius 2 is 1.81 bits per heavy atom. The number of carbonyl (C=O) groups excluding carboxylic acids is 1. The van der Waals surface area contributed by atoms with E-state index in [0.29, 0.717) is 29.5 Å². The maximum absolute atomic E-state index is 12.5. The molecule has 3 aromatic rings. The van der Waals surface area contributed by atoms with Crippen molar-refractivity contribution in [3.8, 4) is 5.75 Å². The van der Waals surface area contributed by atoms with Crippen molar-refractivity contribution in [3.05, 3.63) is 90.3 Å². The lowest BCUT2D eigenvalue weighted by Gasteiger charge is -2.14. The van der Waals surface area contributed by atoms with Gasteiger partial charge < -0.3 is 10.1 Å². The van der Waals surface area contributed by atoms with Gasteiger partial charge in [-0.1, -0.05) is 36.4 Å². The Labute approximate surface area is 157 Å². The molecule has 27 heavy (non-hydrogen) atoms. The molecule has 6 nitrogen and oxygen atoms in total. The van der Waals surface area contributed by atoms with Crippen molar-refractivity contribution in [2.75, 3.05) is 12.4 Å². The number of pyridine rings is 1. The number of carbonyl (C=O) groups is 1. The van der Waals surface area contributed by atoms with E-state index < -0.39 is 0 Å². The Morgan fingerprint density at radius 3 is 2.56 bits per heavy atom. The van der Waals surface area contributed by atoms with E-state index in [0.717, 1.165) is 5.56 Å². The van der Waals surface area contributed by atoms with Crippen molar-refractivity contribution in [3.63, 3.8) is 0 Å². The van der Waals surface area contributed by atoms with Gasteiger partial charge in [0.25, 0.3) is 5.91 Å². The summed E-state index contributed by atoms with van der Waals surface area (Å²) in [5, 5.41) is 5.97. The summed E-state index contributed by atoms with van der Waals surface area (Å²) in [5.41, 5.74) is 2.19. The first-order valence-corrected chi connectivity index (χ1v) is 8.46. The fourth-order valence-corrected chi connectivity index (χ4v) is 2.42. The molecule has 6 heteroatoms. The zero-order valence-electron chi connectivity index (χ0n) is 14.9. The molecule has 2 aromatic carbocycles. The highest BCUT2D eigenvalue weighted by molar-refractivity contribution is 6.10. The molecular formula is C21H20N4O2. The quantitative estimate of drug-likeness (QED) is 0.539. The lowest BCUT2D eigenvalue weighted by molar-refractivity contribution is 0.0977. The zero-order valence-corrected chi connectivity index (χ0v) is 14.9. The average molecular weight is 360 g/mol. The van der Waals surface area contributed by atoms with Gasteiger partial charge in [-0.15, -0.1) is 0 Å². The van der Waals surface area contributed by atoms with Crippen LogP contribution in [0.25, 0.3) is 0 Å². The third-order valence-corrected chi connectivity index (χ3v) is 3.77. The fourth-order valence-electron chi connectivity index (χ4n) is 2.42. The van der Waals surface area contributed by atoms with Crippen molar-refractivity contribution in [1.29, 1.82) is 0 Å². The Morgan fingerprint density at radius 1 is 1.04 bits per heavy atom. The summed E-state index contributed by atoms with van der Waals surface area (Å²) in [4.78, 5) is 21.1. The third kappa shape index (κ3) is 5.15. The minimum Gasteiger partial charge on any atom is -0.495 e. The number of para-hydroxylation sites is 2. The molecule has 0 atom stereocenters. The molecule has 0 spiro atoms. The maximum atomic E-state index is 12.5. The number of methoxy groups -OCH3 is 1. The summed E-state index contributed by atoms with van der Waals surface area (Å²) < 4.78 is 5.36. The summed E-state index contributed by atoms with van der Waals surface area (Å²) >= 11 is 0. The molecule has 0 saturated heterocycles. The van der Waals surface area contributed by atoms with E-state index in [1.54, 1.807) is 31.6 Å². The number of aromatic nitrogens is 1. The summed E-state index contributed by atoms with van der Waals surface area (Å²) in [5.74, 6) is 0.737. The number of nitrogens with zero attached hydrogens (tertiary/aromatic N) is 2. The summed E-state index contributed by atoms with van der Waals surface area (Å²) in [7, 11) is 1.59. The molecule has 0 aliphatic rings. The van der Waals surface area contributed by atoms with Crippen LogP contribution in [0.15, 0.2) is 84.1 Å². The largest absolute Gasteiger partial charge is 0.495 e. The van der Waals surface area contributed by atoms with E-state index in [9.17, 15) is 4.79 Å². The first-order valence-electron chi connectivity index (χ1n) is 8.46. The molecule has 1 amide bonds. The zero-order chi connectivity index (χ0) is 18.9. The van der Waals surface area contributed by atoms with Crippen LogP contribution in [0.5, 0.6) is 5.75 Å². The Balaban J connectivity index is 1.82. The predicted octanol–water partition coefficient (Wildman–Crippen LogP) is 3.49. The van der Waals surface area contributed by atoms with Crippen LogP contribution in [0.2, 0.25) is 0 Å². The minimum absolute atomic E-state index is 0.247. The molecule has 0 unspecified atom stereocenters. The molecule has 0 fully saturated rings. The first-order chi connectivity index (χ1) is 13.3. The van der Waals surface area contributed by atoms with Gasteiger partial charge in [0, 0.05) is 18.0 Å². The monoisotopic (exact) mass is 360 g/mol. The van der Waals surface area contributed by atoms with Gasteiger partial charge in [-0.3, -0.25) is 15.1 Å². The smallest absolute Gasteiger partial charge is 0.257 e. The molecule has 0 bridgehead atoms. The molecule has 3 rings (SSSR count). The second kappa shape index (κ2) is 9.15. The second-order valence-corrected chi connectivity index (χ2v) is 5.67. The predicted molar refractivity (Wildman–Crippen MR) is 106 cm³/mol. The van der Waals surface area contributed by atoms with Crippen molar-refractivity contribution in [2.24, 2.45) is 4.99 Å². The highest BCUT2D eigenvalue weighted by Crippen LogP contribution is 2.22.